The van der Waals surface area contributed by atoms with Crippen molar-refractivity contribution in [3.05, 3.63) is 41.9 Å². The van der Waals surface area contributed by atoms with Gasteiger partial charge in [0.2, 0.25) is 5.91 Å². The van der Waals surface area contributed by atoms with E-state index in [1.807, 2.05) is 46.8 Å². The molecule has 1 spiro atoms. The zero-order valence-electron chi connectivity index (χ0n) is 17.4. The van der Waals surface area contributed by atoms with Crippen molar-refractivity contribution < 1.29 is 14.0 Å². The first-order chi connectivity index (χ1) is 14.0. The second kappa shape index (κ2) is 8.05. The van der Waals surface area contributed by atoms with Gasteiger partial charge >= 0.3 is 0 Å². The molecule has 7 nitrogen and oxygen atoms in total. The smallest absolute Gasteiger partial charge is 0.257 e. The Balaban J connectivity index is 1.32. The average Bonchev–Trinajstić information content (AvgIpc) is 3.34. The minimum absolute atomic E-state index is 0.0678. The molecule has 156 valence electrons. The lowest BCUT2D eigenvalue weighted by Crippen LogP contribution is -2.52. The molecule has 0 unspecified atom stereocenters. The Kier molecular flexibility index (Phi) is 5.48. The predicted octanol–water partition coefficient (Wildman–Crippen LogP) is 3.03. The summed E-state index contributed by atoms with van der Waals surface area (Å²) in [5, 5.41) is 0. The summed E-state index contributed by atoms with van der Waals surface area (Å²) in [6, 6.07) is 1.84. The van der Waals surface area contributed by atoms with E-state index in [0.29, 0.717) is 17.7 Å². The number of hydrogen-bond acceptors (Lipinski definition) is 4. The van der Waals surface area contributed by atoms with E-state index in [1.54, 1.807) is 6.20 Å². The number of imidazole rings is 1. The quantitative estimate of drug-likeness (QED) is 0.776. The fourth-order valence-corrected chi connectivity index (χ4v) is 4.77. The molecule has 0 aliphatic carbocycles. The lowest BCUT2D eigenvalue weighted by atomic mass is 9.72. The van der Waals surface area contributed by atoms with Crippen molar-refractivity contribution in [1.82, 2.24) is 19.4 Å². The maximum atomic E-state index is 12.9. The van der Waals surface area contributed by atoms with Gasteiger partial charge in [0.1, 0.15) is 11.5 Å². The van der Waals surface area contributed by atoms with Gasteiger partial charge in [-0.15, -0.1) is 0 Å². The second-order valence-corrected chi connectivity index (χ2v) is 8.59. The molecule has 2 aliphatic heterocycles. The van der Waals surface area contributed by atoms with Gasteiger partial charge in [0, 0.05) is 51.5 Å². The molecule has 0 bridgehead atoms. The molecule has 4 heterocycles. The van der Waals surface area contributed by atoms with Crippen LogP contribution in [0.3, 0.4) is 0 Å². The van der Waals surface area contributed by atoms with Crippen LogP contribution in [0.2, 0.25) is 0 Å². The van der Waals surface area contributed by atoms with E-state index in [-0.39, 0.29) is 17.2 Å². The molecule has 2 aliphatic rings. The number of rotatable bonds is 5. The number of piperidine rings is 2. The first kappa shape index (κ1) is 19.7. The maximum absolute atomic E-state index is 12.9. The lowest BCUT2D eigenvalue weighted by molar-refractivity contribution is -0.139. The van der Waals surface area contributed by atoms with E-state index in [0.717, 1.165) is 64.2 Å². The normalized spacial score (nSPS) is 19.2. The van der Waals surface area contributed by atoms with E-state index >= 15 is 0 Å². The number of carbonyl (C=O) groups excluding carboxylic acids is 2. The van der Waals surface area contributed by atoms with Crippen LogP contribution in [0, 0.1) is 19.3 Å². The van der Waals surface area contributed by atoms with Crippen molar-refractivity contribution in [1.29, 1.82) is 0 Å². The van der Waals surface area contributed by atoms with Crippen molar-refractivity contribution in [3.8, 4) is 0 Å². The lowest BCUT2D eigenvalue weighted by Gasteiger charge is -2.47. The van der Waals surface area contributed by atoms with Crippen molar-refractivity contribution in [2.75, 3.05) is 26.2 Å². The summed E-state index contributed by atoms with van der Waals surface area (Å²) >= 11 is 0. The minimum Gasteiger partial charge on any atom is -0.466 e. The van der Waals surface area contributed by atoms with E-state index in [9.17, 15) is 9.59 Å². The Hall–Kier alpha value is -2.57. The van der Waals surface area contributed by atoms with E-state index in [1.165, 1.54) is 0 Å². The van der Waals surface area contributed by atoms with Crippen LogP contribution in [0.25, 0.3) is 0 Å². The fourth-order valence-electron chi connectivity index (χ4n) is 4.77. The van der Waals surface area contributed by atoms with Gasteiger partial charge in [-0.25, -0.2) is 4.98 Å². The number of amides is 2. The van der Waals surface area contributed by atoms with E-state index < -0.39 is 0 Å². The molecule has 0 atom stereocenters. The molecule has 2 fully saturated rings. The highest BCUT2D eigenvalue weighted by atomic mass is 16.3. The Morgan fingerprint density at radius 2 is 2.00 bits per heavy atom. The molecular weight excluding hydrogens is 368 g/mol. The van der Waals surface area contributed by atoms with E-state index in [4.69, 9.17) is 4.42 Å². The second-order valence-electron chi connectivity index (χ2n) is 8.59. The first-order valence-electron chi connectivity index (χ1n) is 10.6. The molecule has 0 N–H and O–H groups in total. The van der Waals surface area contributed by atoms with Gasteiger partial charge < -0.3 is 18.8 Å². The number of aromatic nitrogens is 2. The van der Waals surface area contributed by atoms with Gasteiger partial charge in [0.25, 0.3) is 5.91 Å². The van der Waals surface area contributed by atoms with Gasteiger partial charge in [-0.1, -0.05) is 0 Å². The van der Waals surface area contributed by atoms with Crippen molar-refractivity contribution in [2.45, 2.75) is 52.5 Å². The summed E-state index contributed by atoms with van der Waals surface area (Å²) in [4.78, 5) is 33.4. The molecule has 2 saturated heterocycles. The van der Waals surface area contributed by atoms with Crippen LogP contribution in [0.4, 0.5) is 0 Å². The molecule has 2 aromatic heterocycles. The average molecular weight is 399 g/mol. The zero-order valence-corrected chi connectivity index (χ0v) is 17.4. The summed E-state index contributed by atoms with van der Waals surface area (Å²) in [5.74, 6) is 1.80. The number of likely N-dealkylation sites (tertiary alicyclic amines) is 2. The van der Waals surface area contributed by atoms with Crippen LogP contribution in [0.15, 0.2) is 29.2 Å². The predicted molar refractivity (Wildman–Crippen MR) is 108 cm³/mol. The zero-order chi connectivity index (χ0) is 20.4. The molecule has 29 heavy (non-hydrogen) atoms. The number of hydrogen-bond donors (Lipinski definition) is 0. The minimum atomic E-state index is 0.0678. The van der Waals surface area contributed by atoms with Gasteiger partial charge in [-0.2, -0.15) is 0 Å². The molecule has 0 aromatic carbocycles. The topological polar surface area (TPSA) is 71.6 Å². The van der Waals surface area contributed by atoms with Crippen LogP contribution in [0.1, 0.15) is 54.0 Å². The van der Waals surface area contributed by atoms with Crippen LogP contribution in [0.5, 0.6) is 0 Å². The van der Waals surface area contributed by atoms with Crippen molar-refractivity contribution in [2.24, 2.45) is 5.41 Å². The Bertz CT molecular complexity index is 863. The number of aryl methyl sites for hydroxylation is 3. The molecule has 2 amide bonds. The van der Waals surface area contributed by atoms with Crippen LogP contribution >= 0.6 is 0 Å². The molecule has 0 radical (unpaired) electrons. The third kappa shape index (κ3) is 4.23. The van der Waals surface area contributed by atoms with Gasteiger partial charge in [0.05, 0.1) is 11.9 Å². The van der Waals surface area contributed by atoms with Gasteiger partial charge in [-0.05, 0) is 51.0 Å². The van der Waals surface area contributed by atoms with Gasteiger partial charge in [-0.3, -0.25) is 9.59 Å². The van der Waals surface area contributed by atoms with Crippen LogP contribution in [-0.4, -0.2) is 57.3 Å². The van der Waals surface area contributed by atoms with Crippen molar-refractivity contribution >= 4 is 11.8 Å². The third-order valence-electron chi connectivity index (χ3n) is 6.53. The monoisotopic (exact) mass is 398 g/mol. The summed E-state index contributed by atoms with van der Waals surface area (Å²) in [7, 11) is 0. The summed E-state index contributed by atoms with van der Waals surface area (Å²) < 4.78 is 7.58. The summed E-state index contributed by atoms with van der Waals surface area (Å²) in [6.45, 7) is 7.70. The van der Waals surface area contributed by atoms with Crippen molar-refractivity contribution in [3.63, 3.8) is 0 Å². The third-order valence-corrected chi connectivity index (χ3v) is 6.53. The number of nitrogens with zero attached hydrogens (tertiary/aromatic N) is 4. The summed E-state index contributed by atoms with van der Waals surface area (Å²) in [5.41, 5.74) is 0.833. The molecule has 7 heteroatoms. The molecular formula is C22H30N4O3. The first-order valence-corrected chi connectivity index (χ1v) is 10.6. The SMILES string of the molecule is Cc1cc(C(=O)N2CCC3(CCC(=O)N(CCCn4ccnc4)C3)CC2)c(C)o1. The molecule has 4 rings (SSSR count). The highest BCUT2D eigenvalue weighted by molar-refractivity contribution is 5.95. The highest BCUT2D eigenvalue weighted by Gasteiger charge is 2.41. The fraction of sp³-hybridized carbons (Fsp3) is 0.591. The standard InChI is InChI=1S/C22H30N4O3/c1-17-14-19(18(2)29-17)21(28)25-11-6-22(7-12-25)5-4-20(27)26(15-22)10-3-9-24-13-8-23-16-24/h8,13-14,16H,3-7,9-12,15H2,1-2H3. The van der Waals surface area contributed by atoms with Crippen LogP contribution in [-0.2, 0) is 11.3 Å². The Morgan fingerprint density at radius 1 is 1.21 bits per heavy atom. The maximum Gasteiger partial charge on any atom is 0.257 e. The summed E-state index contributed by atoms with van der Waals surface area (Å²) in [6.07, 6.45) is 9.96. The highest BCUT2D eigenvalue weighted by Crippen LogP contribution is 2.40. The molecule has 0 saturated carbocycles. The van der Waals surface area contributed by atoms with Gasteiger partial charge in [0.15, 0.2) is 0 Å². The largest absolute Gasteiger partial charge is 0.466 e. The van der Waals surface area contributed by atoms with Crippen LogP contribution < -0.4 is 0 Å². The number of furan rings is 1. The Morgan fingerprint density at radius 3 is 2.66 bits per heavy atom. The number of carbonyl (C=O) groups is 2. The van der Waals surface area contributed by atoms with E-state index in [2.05, 4.69) is 4.98 Å². The Labute approximate surface area is 171 Å². The molecule has 2 aromatic rings.